The standard InChI is InChI=1S/C12H13ClO4/c13-10-5-3-9(4-6-10)2-1-7-12(8-16-12)17-11(14)15/h3-6H,1-2,7-8H2,(H,14,15). The Morgan fingerprint density at radius 1 is 1.47 bits per heavy atom. The second-order valence-corrected chi connectivity index (χ2v) is 4.48. The highest BCUT2D eigenvalue weighted by atomic mass is 35.5. The van der Waals surface area contributed by atoms with Gasteiger partial charge in [0, 0.05) is 11.4 Å². The quantitative estimate of drug-likeness (QED) is 0.650. The minimum absolute atomic E-state index is 0.361. The smallest absolute Gasteiger partial charge is 0.450 e. The molecule has 2 rings (SSSR count). The molecular formula is C12H13ClO4. The first kappa shape index (κ1) is 12.2. The Labute approximate surface area is 104 Å². The van der Waals surface area contributed by atoms with Crippen molar-refractivity contribution in [1.29, 1.82) is 0 Å². The highest BCUT2D eigenvalue weighted by Gasteiger charge is 2.48. The van der Waals surface area contributed by atoms with Crippen molar-refractivity contribution in [1.82, 2.24) is 0 Å². The molecule has 0 amide bonds. The van der Waals surface area contributed by atoms with Gasteiger partial charge in [-0.05, 0) is 30.5 Å². The highest BCUT2D eigenvalue weighted by molar-refractivity contribution is 6.30. The van der Waals surface area contributed by atoms with Crippen molar-refractivity contribution in [2.75, 3.05) is 6.61 Å². The zero-order valence-corrected chi connectivity index (χ0v) is 9.94. The zero-order chi connectivity index (χ0) is 12.3. The molecule has 0 aromatic heterocycles. The van der Waals surface area contributed by atoms with Crippen molar-refractivity contribution >= 4 is 17.8 Å². The third kappa shape index (κ3) is 3.61. The number of aryl methyl sites for hydroxylation is 1. The van der Waals surface area contributed by atoms with E-state index in [1.165, 1.54) is 5.56 Å². The Morgan fingerprint density at radius 2 is 2.12 bits per heavy atom. The first-order valence-corrected chi connectivity index (χ1v) is 5.78. The van der Waals surface area contributed by atoms with Gasteiger partial charge in [-0.2, -0.15) is 0 Å². The van der Waals surface area contributed by atoms with Gasteiger partial charge in [0.15, 0.2) is 0 Å². The van der Waals surface area contributed by atoms with E-state index < -0.39 is 11.9 Å². The Kier molecular flexibility index (Phi) is 3.54. The van der Waals surface area contributed by atoms with Crippen LogP contribution in [0.3, 0.4) is 0 Å². The third-order valence-electron chi connectivity index (χ3n) is 2.68. The van der Waals surface area contributed by atoms with E-state index in [4.69, 9.17) is 21.4 Å². The molecule has 92 valence electrons. The van der Waals surface area contributed by atoms with Gasteiger partial charge in [0.2, 0.25) is 5.79 Å². The number of carbonyl (C=O) groups is 1. The molecule has 1 aliphatic rings. The van der Waals surface area contributed by atoms with Gasteiger partial charge in [0.1, 0.15) is 6.61 Å². The van der Waals surface area contributed by atoms with E-state index >= 15 is 0 Å². The SMILES string of the molecule is O=C(O)OC1(CCCc2ccc(Cl)cc2)CO1. The summed E-state index contributed by atoms with van der Waals surface area (Å²) in [4.78, 5) is 10.4. The average molecular weight is 257 g/mol. The van der Waals surface area contributed by atoms with Crippen molar-refractivity contribution in [3.8, 4) is 0 Å². The molecule has 1 N–H and O–H groups in total. The van der Waals surface area contributed by atoms with Crippen molar-refractivity contribution in [3.05, 3.63) is 34.9 Å². The average Bonchev–Trinajstić information content (AvgIpc) is 3.00. The van der Waals surface area contributed by atoms with Crippen LogP contribution in [0.4, 0.5) is 4.79 Å². The van der Waals surface area contributed by atoms with Crippen LogP contribution in [0.25, 0.3) is 0 Å². The number of benzene rings is 1. The predicted octanol–water partition coefficient (Wildman–Crippen LogP) is 3.08. The largest absolute Gasteiger partial charge is 0.508 e. The maximum atomic E-state index is 10.4. The second-order valence-electron chi connectivity index (χ2n) is 4.05. The molecule has 1 aliphatic heterocycles. The molecule has 17 heavy (non-hydrogen) atoms. The minimum atomic E-state index is -1.28. The van der Waals surface area contributed by atoms with Crippen LogP contribution < -0.4 is 0 Å². The topological polar surface area (TPSA) is 59.1 Å². The molecule has 1 heterocycles. The molecular weight excluding hydrogens is 244 g/mol. The summed E-state index contributed by atoms with van der Waals surface area (Å²) in [6.07, 6.45) is 0.969. The van der Waals surface area contributed by atoms with Gasteiger partial charge in [0.05, 0.1) is 0 Å². The monoisotopic (exact) mass is 256 g/mol. The van der Waals surface area contributed by atoms with Gasteiger partial charge >= 0.3 is 6.16 Å². The van der Waals surface area contributed by atoms with Crippen LogP contribution in [0.2, 0.25) is 5.02 Å². The molecule has 1 atom stereocenters. The highest BCUT2D eigenvalue weighted by Crippen LogP contribution is 2.34. The van der Waals surface area contributed by atoms with Crippen LogP contribution in [-0.4, -0.2) is 23.7 Å². The van der Waals surface area contributed by atoms with Crippen molar-refractivity contribution < 1.29 is 19.4 Å². The fourth-order valence-corrected chi connectivity index (χ4v) is 1.83. The lowest BCUT2D eigenvalue weighted by atomic mass is 10.1. The van der Waals surface area contributed by atoms with Gasteiger partial charge in [-0.15, -0.1) is 0 Å². The van der Waals surface area contributed by atoms with Crippen molar-refractivity contribution in [3.63, 3.8) is 0 Å². The van der Waals surface area contributed by atoms with Crippen LogP contribution in [-0.2, 0) is 15.9 Å². The van der Waals surface area contributed by atoms with E-state index in [0.717, 1.165) is 12.8 Å². The lowest BCUT2D eigenvalue weighted by Crippen LogP contribution is -2.20. The fraction of sp³-hybridized carbons (Fsp3) is 0.417. The van der Waals surface area contributed by atoms with Gasteiger partial charge in [-0.25, -0.2) is 4.79 Å². The molecule has 1 aromatic rings. The molecule has 1 fully saturated rings. The molecule has 0 spiro atoms. The Morgan fingerprint density at radius 3 is 2.65 bits per heavy atom. The number of hydrogen-bond donors (Lipinski definition) is 1. The molecule has 0 saturated carbocycles. The molecule has 1 aromatic carbocycles. The fourth-order valence-electron chi connectivity index (χ4n) is 1.71. The van der Waals surface area contributed by atoms with E-state index in [2.05, 4.69) is 4.74 Å². The summed E-state index contributed by atoms with van der Waals surface area (Å²) in [6.45, 7) is 0.361. The van der Waals surface area contributed by atoms with Crippen LogP contribution in [0.15, 0.2) is 24.3 Å². The van der Waals surface area contributed by atoms with Gasteiger partial charge < -0.3 is 14.6 Å². The molecule has 0 radical (unpaired) electrons. The number of halogens is 1. The Bertz CT molecular complexity index is 397. The zero-order valence-electron chi connectivity index (χ0n) is 9.19. The second kappa shape index (κ2) is 4.94. The summed E-state index contributed by atoms with van der Waals surface area (Å²) >= 11 is 5.78. The van der Waals surface area contributed by atoms with Crippen LogP contribution in [0.1, 0.15) is 18.4 Å². The lowest BCUT2D eigenvalue weighted by Gasteiger charge is -2.10. The molecule has 1 saturated heterocycles. The maximum Gasteiger partial charge on any atom is 0.508 e. The van der Waals surface area contributed by atoms with E-state index in [9.17, 15) is 4.79 Å². The van der Waals surface area contributed by atoms with Gasteiger partial charge in [0.25, 0.3) is 0 Å². The number of ether oxygens (including phenoxy) is 2. The van der Waals surface area contributed by atoms with E-state index in [-0.39, 0.29) is 0 Å². The first-order valence-electron chi connectivity index (χ1n) is 5.40. The minimum Gasteiger partial charge on any atom is -0.450 e. The summed E-state index contributed by atoms with van der Waals surface area (Å²) in [5, 5.41) is 9.23. The summed E-state index contributed by atoms with van der Waals surface area (Å²) in [5.74, 6) is -0.877. The van der Waals surface area contributed by atoms with Crippen LogP contribution in [0, 0.1) is 0 Å². The molecule has 5 heteroatoms. The Hall–Kier alpha value is -1.26. The number of hydrogen-bond acceptors (Lipinski definition) is 3. The molecule has 0 bridgehead atoms. The molecule has 4 nitrogen and oxygen atoms in total. The van der Waals surface area contributed by atoms with Crippen molar-refractivity contribution in [2.45, 2.75) is 25.0 Å². The van der Waals surface area contributed by atoms with Crippen LogP contribution >= 0.6 is 11.6 Å². The lowest BCUT2D eigenvalue weighted by molar-refractivity contribution is -0.0241. The molecule has 0 aliphatic carbocycles. The van der Waals surface area contributed by atoms with E-state index in [1.54, 1.807) is 0 Å². The Balaban J connectivity index is 1.76. The number of epoxide rings is 1. The van der Waals surface area contributed by atoms with Crippen LogP contribution in [0.5, 0.6) is 0 Å². The van der Waals surface area contributed by atoms with E-state index in [1.807, 2.05) is 24.3 Å². The summed E-state index contributed by atoms with van der Waals surface area (Å²) in [6, 6.07) is 7.60. The van der Waals surface area contributed by atoms with Gasteiger partial charge in [-0.3, -0.25) is 0 Å². The predicted molar refractivity (Wildman–Crippen MR) is 62.2 cm³/mol. The third-order valence-corrected chi connectivity index (χ3v) is 2.93. The number of rotatable bonds is 5. The maximum absolute atomic E-state index is 10.4. The van der Waals surface area contributed by atoms with E-state index in [0.29, 0.717) is 18.1 Å². The molecule has 1 unspecified atom stereocenters. The normalized spacial score (nSPS) is 22.2. The number of carboxylic acid groups (broad SMARTS) is 1. The summed E-state index contributed by atoms with van der Waals surface area (Å²) in [7, 11) is 0. The first-order chi connectivity index (χ1) is 8.10. The van der Waals surface area contributed by atoms with Gasteiger partial charge in [-0.1, -0.05) is 23.7 Å². The summed E-state index contributed by atoms with van der Waals surface area (Å²) < 4.78 is 9.72. The van der Waals surface area contributed by atoms with Crippen molar-refractivity contribution in [2.24, 2.45) is 0 Å². The summed E-state index contributed by atoms with van der Waals surface area (Å²) in [5.41, 5.74) is 1.17.